The molecule has 7 heteroatoms. The molecule has 5 nitrogen and oxygen atoms in total. The van der Waals surface area contributed by atoms with Crippen LogP contribution in [0.15, 0.2) is 53.6 Å². The van der Waals surface area contributed by atoms with E-state index < -0.39 is 0 Å². The maximum absolute atomic E-state index is 13.2. The number of halogens is 2. The van der Waals surface area contributed by atoms with E-state index in [-0.39, 0.29) is 17.8 Å². The number of para-hydroxylation sites is 1. The lowest BCUT2D eigenvalue weighted by molar-refractivity contribution is -0.130. The number of ether oxygens (including phenoxy) is 1. The number of nitrogens with zero attached hydrogens (tertiary/aromatic N) is 3. The number of carbonyl (C=O) groups is 1. The van der Waals surface area contributed by atoms with E-state index in [4.69, 9.17) is 16.3 Å². The second-order valence-electron chi connectivity index (χ2n) is 6.54. The minimum absolute atomic E-state index is 0.205. The molecule has 28 heavy (non-hydrogen) atoms. The van der Waals surface area contributed by atoms with E-state index in [2.05, 4.69) is 10.1 Å². The standard InChI is InChI=1S/C21H17ClFN3O2/c1-12(27)26-18(11-17(25-26)13-6-8-15(23)9-7-13)16-10-14-4-3-5-19(28-2)20(14)24-21(16)22/h3-10,18H,11H2,1-2H3. The molecule has 1 aliphatic heterocycles. The Hall–Kier alpha value is -2.99. The fourth-order valence-corrected chi connectivity index (χ4v) is 3.69. The molecule has 1 aromatic heterocycles. The molecule has 1 aliphatic rings. The van der Waals surface area contributed by atoms with Gasteiger partial charge in [0.1, 0.15) is 22.2 Å². The maximum Gasteiger partial charge on any atom is 0.240 e. The van der Waals surface area contributed by atoms with E-state index in [9.17, 15) is 9.18 Å². The van der Waals surface area contributed by atoms with Crippen molar-refractivity contribution in [1.82, 2.24) is 9.99 Å². The van der Waals surface area contributed by atoms with Crippen molar-refractivity contribution in [2.24, 2.45) is 5.10 Å². The number of fused-ring (bicyclic) bond motifs is 1. The third kappa shape index (κ3) is 3.20. The molecular weight excluding hydrogens is 381 g/mol. The largest absolute Gasteiger partial charge is 0.494 e. The van der Waals surface area contributed by atoms with Gasteiger partial charge in [-0.05, 0) is 29.8 Å². The smallest absolute Gasteiger partial charge is 0.240 e. The second-order valence-corrected chi connectivity index (χ2v) is 6.90. The number of amides is 1. The minimum atomic E-state index is -0.381. The number of hydrogen-bond acceptors (Lipinski definition) is 4. The van der Waals surface area contributed by atoms with E-state index >= 15 is 0 Å². The Bertz CT molecular complexity index is 1100. The highest BCUT2D eigenvalue weighted by Gasteiger charge is 2.33. The molecule has 0 N–H and O–H groups in total. The first-order chi connectivity index (χ1) is 13.5. The van der Waals surface area contributed by atoms with Gasteiger partial charge in [-0.2, -0.15) is 5.10 Å². The monoisotopic (exact) mass is 397 g/mol. The van der Waals surface area contributed by atoms with Gasteiger partial charge in [0, 0.05) is 24.3 Å². The van der Waals surface area contributed by atoms with E-state index in [1.807, 2.05) is 24.3 Å². The normalized spacial score (nSPS) is 16.4. The molecule has 0 saturated heterocycles. The van der Waals surface area contributed by atoms with Crippen LogP contribution in [0.5, 0.6) is 5.75 Å². The summed E-state index contributed by atoms with van der Waals surface area (Å²) in [6.07, 6.45) is 0.460. The predicted molar refractivity (Wildman–Crippen MR) is 106 cm³/mol. The summed E-state index contributed by atoms with van der Waals surface area (Å²) in [6, 6.07) is 13.2. The quantitative estimate of drug-likeness (QED) is 0.600. The fourth-order valence-electron chi connectivity index (χ4n) is 3.42. The number of aromatic nitrogens is 1. The lowest BCUT2D eigenvalue weighted by atomic mass is 9.98. The Balaban J connectivity index is 1.77. The molecule has 0 saturated carbocycles. The topological polar surface area (TPSA) is 54.8 Å². The first-order valence-electron chi connectivity index (χ1n) is 8.74. The van der Waals surface area contributed by atoms with Crippen LogP contribution in [-0.2, 0) is 4.79 Å². The highest BCUT2D eigenvalue weighted by atomic mass is 35.5. The molecule has 142 valence electrons. The Morgan fingerprint density at radius 3 is 2.68 bits per heavy atom. The molecule has 1 atom stereocenters. The first kappa shape index (κ1) is 18.4. The molecule has 2 heterocycles. The van der Waals surface area contributed by atoms with Crippen LogP contribution in [0.25, 0.3) is 10.9 Å². The molecule has 2 aromatic carbocycles. The van der Waals surface area contributed by atoms with Crippen LogP contribution in [0.2, 0.25) is 5.15 Å². The predicted octanol–water partition coefficient (Wildman–Crippen LogP) is 4.73. The van der Waals surface area contributed by atoms with Crippen LogP contribution in [0, 0.1) is 5.82 Å². The van der Waals surface area contributed by atoms with Crippen molar-refractivity contribution in [3.05, 3.63) is 70.6 Å². The van der Waals surface area contributed by atoms with Gasteiger partial charge in [0.25, 0.3) is 0 Å². The van der Waals surface area contributed by atoms with Gasteiger partial charge >= 0.3 is 0 Å². The van der Waals surface area contributed by atoms with Crippen molar-refractivity contribution in [1.29, 1.82) is 0 Å². The average Bonchev–Trinajstić information content (AvgIpc) is 3.13. The maximum atomic E-state index is 13.2. The number of benzene rings is 2. The van der Waals surface area contributed by atoms with Crippen molar-refractivity contribution in [3.63, 3.8) is 0 Å². The van der Waals surface area contributed by atoms with Gasteiger partial charge in [-0.1, -0.05) is 35.9 Å². The minimum Gasteiger partial charge on any atom is -0.494 e. The number of pyridine rings is 1. The third-order valence-corrected chi connectivity index (χ3v) is 5.08. The van der Waals surface area contributed by atoms with Crippen LogP contribution < -0.4 is 4.74 Å². The summed E-state index contributed by atoms with van der Waals surface area (Å²) >= 11 is 6.49. The summed E-state index contributed by atoms with van der Waals surface area (Å²) in [5, 5.41) is 7.03. The van der Waals surface area contributed by atoms with Gasteiger partial charge in [0.05, 0.1) is 18.9 Å². The van der Waals surface area contributed by atoms with E-state index in [0.29, 0.717) is 34.1 Å². The zero-order valence-corrected chi connectivity index (χ0v) is 16.1. The molecule has 0 radical (unpaired) electrons. The summed E-state index contributed by atoms with van der Waals surface area (Å²) in [6.45, 7) is 1.45. The molecule has 0 aliphatic carbocycles. The number of methoxy groups -OCH3 is 1. The van der Waals surface area contributed by atoms with Crippen LogP contribution in [0.1, 0.15) is 30.5 Å². The fraction of sp³-hybridized carbons (Fsp3) is 0.190. The van der Waals surface area contributed by atoms with Crippen LogP contribution in [0.3, 0.4) is 0 Å². The molecule has 0 bridgehead atoms. The van der Waals surface area contributed by atoms with Crippen molar-refractivity contribution in [3.8, 4) is 5.75 Å². The first-order valence-corrected chi connectivity index (χ1v) is 9.12. The SMILES string of the molecule is COc1cccc2cc(C3CC(c4ccc(F)cc4)=NN3C(C)=O)c(Cl)nc12. The lowest BCUT2D eigenvalue weighted by Gasteiger charge is -2.21. The van der Waals surface area contributed by atoms with Crippen molar-refractivity contribution in [2.75, 3.05) is 7.11 Å². The molecule has 3 aromatic rings. The number of carbonyl (C=O) groups excluding carboxylic acids is 1. The molecule has 1 amide bonds. The third-order valence-electron chi connectivity index (χ3n) is 4.78. The van der Waals surface area contributed by atoms with Gasteiger partial charge in [-0.15, -0.1) is 0 Å². The van der Waals surface area contributed by atoms with Crippen LogP contribution in [0.4, 0.5) is 4.39 Å². The van der Waals surface area contributed by atoms with Crippen molar-refractivity contribution in [2.45, 2.75) is 19.4 Å². The van der Waals surface area contributed by atoms with Crippen LogP contribution >= 0.6 is 11.6 Å². The lowest BCUT2D eigenvalue weighted by Crippen LogP contribution is -2.24. The average molecular weight is 398 g/mol. The summed E-state index contributed by atoms with van der Waals surface area (Å²) < 4.78 is 18.6. The van der Waals surface area contributed by atoms with E-state index in [1.54, 1.807) is 19.2 Å². The second kappa shape index (κ2) is 7.20. The van der Waals surface area contributed by atoms with E-state index in [1.165, 1.54) is 24.1 Å². The number of hydrogen-bond donors (Lipinski definition) is 0. The number of hydrazone groups is 1. The summed E-state index contributed by atoms with van der Waals surface area (Å²) in [4.78, 5) is 16.7. The van der Waals surface area contributed by atoms with Crippen LogP contribution in [-0.4, -0.2) is 28.7 Å². The summed E-state index contributed by atoms with van der Waals surface area (Å²) in [7, 11) is 1.58. The highest BCUT2D eigenvalue weighted by Crippen LogP contribution is 2.38. The molecule has 0 spiro atoms. The van der Waals surface area contributed by atoms with Gasteiger partial charge in [-0.3, -0.25) is 4.79 Å². The summed E-state index contributed by atoms with van der Waals surface area (Å²) in [5.74, 6) is 0.103. The zero-order valence-electron chi connectivity index (χ0n) is 15.3. The Labute approximate surface area is 166 Å². The van der Waals surface area contributed by atoms with Crippen molar-refractivity contribution < 1.29 is 13.9 Å². The molecule has 1 unspecified atom stereocenters. The van der Waals surface area contributed by atoms with Gasteiger partial charge in [0.2, 0.25) is 5.91 Å². The zero-order chi connectivity index (χ0) is 19.8. The molecule has 4 rings (SSSR count). The van der Waals surface area contributed by atoms with E-state index in [0.717, 1.165) is 10.9 Å². The Morgan fingerprint density at radius 2 is 2.00 bits per heavy atom. The molecule has 0 fully saturated rings. The highest BCUT2D eigenvalue weighted by molar-refractivity contribution is 6.30. The molecular formula is C21H17ClFN3O2. The number of rotatable bonds is 3. The Kier molecular flexibility index (Phi) is 4.73. The van der Waals surface area contributed by atoms with Crippen molar-refractivity contribution >= 4 is 34.1 Å². The van der Waals surface area contributed by atoms with Gasteiger partial charge in [0.15, 0.2) is 0 Å². The Morgan fingerprint density at radius 1 is 1.25 bits per heavy atom. The summed E-state index contributed by atoms with van der Waals surface area (Å²) in [5.41, 5.74) is 2.83. The van der Waals surface area contributed by atoms with Gasteiger partial charge in [-0.25, -0.2) is 14.4 Å². The van der Waals surface area contributed by atoms with Gasteiger partial charge < -0.3 is 4.74 Å².